The van der Waals surface area contributed by atoms with E-state index in [9.17, 15) is 4.39 Å². The first kappa shape index (κ1) is 13.9. The van der Waals surface area contributed by atoms with E-state index in [0.717, 1.165) is 11.1 Å². The minimum absolute atomic E-state index is 0.102. The van der Waals surface area contributed by atoms with Gasteiger partial charge in [0.05, 0.1) is 29.0 Å². The highest BCUT2D eigenvalue weighted by molar-refractivity contribution is 6.30. The fraction of sp³-hybridized carbons (Fsp3) is 0.143. The molecule has 108 valence electrons. The van der Waals surface area contributed by atoms with Crippen LogP contribution in [-0.2, 0) is 6.42 Å². The summed E-state index contributed by atoms with van der Waals surface area (Å²) in [5, 5.41) is 4.33. The summed E-state index contributed by atoms with van der Waals surface area (Å²) in [5.41, 5.74) is 4.87. The van der Waals surface area contributed by atoms with Crippen LogP contribution in [0.2, 0.25) is 5.02 Å². The quantitative estimate of drug-likeness (QED) is 0.573. The molecule has 1 atom stereocenters. The van der Waals surface area contributed by atoms with Crippen molar-refractivity contribution in [3.63, 3.8) is 0 Å². The van der Waals surface area contributed by atoms with Crippen LogP contribution in [0.4, 0.5) is 4.39 Å². The lowest BCUT2D eigenvalue weighted by Gasteiger charge is -2.15. The zero-order valence-electron chi connectivity index (χ0n) is 11.0. The van der Waals surface area contributed by atoms with Gasteiger partial charge in [0.25, 0.3) is 0 Å². The number of halogens is 2. The summed E-state index contributed by atoms with van der Waals surface area (Å²) in [6.07, 6.45) is 7.14. The van der Waals surface area contributed by atoms with Crippen LogP contribution in [0.1, 0.15) is 17.2 Å². The van der Waals surface area contributed by atoms with Crippen molar-refractivity contribution in [3.8, 4) is 0 Å². The summed E-state index contributed by atoms with van der Waals surface area (Å²) in [7, 11) is 0. The van der Waals surface area contributed by atoms with Gasteiger partial charge in [-0.15, -0.1) is 0 Å². The van der Waals surface area contributed by atoms with Gasteiger partial charge in [0.1, 0.15) is 5.82 Å². The average Bonchev–Trinajstić information content (AvgIpc) is 2.93. The van der Waals surface area contributed by atoms with Crippen LogP contribution in [0.25, 0.3) is 5.52 Å². The molecule has 1 unspecified atom stereocenters. The van der Waals surface area contributed by atoms with Gasteiger partial charge < -0.3 is 0 Å². The first-order valence-corrected chi connectivity index (χ1v) is 6.74. The third-order valence-corrected chi connectivity index (χ3v) is 3.68. The number of nitrogens with two attached hydrogens (primary N) is 1. The van der Waals surface area contributed by atoms with Crippen LogP contribution in [0.15, 0.2) is 43.0 Å². The highest BCUT2D eigenvalue weighted by Crippen LogP contribution is 2.25. The van der Waals surface area contributed by atoms with Crippen molar-refractivity contribution < 1.29 is 4.39 Å². The predicted octanol–water partition coefficient (Wildman–Crippen LogP) is 2.27. The highest BCUT2D eigenvalue weighted by Gasteiger charge is 2.18. The number of rotatable bonds is 4. The van der Waals surface area contributed by atoms with E-state index in [-0.39, 0.29) is 11.1 Å². The monoisotopic (exact) mass is 305 g/mol. The molecule has 0 aliphatic heterocycles. The standard InChI is InChI=1S/C14H13ClFN5/c15-11-3-1-2-9(14(11)16)6-12(20-17)10-7-19-21-5-4-18-8-13(10)21/h1-5,7-8,12,20H,6,17H2. The second-order valence-corrected chi connectivity index (χ2v) is 5.05. The number of hydrogen-bond acceptors (Lipinski definition) is 4. The molecule has 1 aromatic carbocycles. The molecule has 0 aliphatic carbocycles. The second kappa shape index (κ2) is 5.77. The first-order valence-electron chi connectivity index (χ1n) is 6.37. The maximum Gasteiger partial charge on any atom is 0.145 e. The van der Waals surface area contributed by atoms with Gasteiger partial charge in [0.15, 0.2) is 0 Å². The SMILES string of the molecule is NNC(Cc1cccc(Cl)c1F)c1cnn2ccncc12. The summed E-state index contributed by atoms with van der Waals surface area (Å²) in [6.45, 7) is 0. The van der Waals surface area contributed by atoms with Crippen molar-refractivity contribution in [2.24, 2.45) is 5.84 Å². The first-order chi connectivity index (χ1) is 10.2. The Hall–Kier alpha value is -2.02. The topological polar surface area (TPSA) is 68.2 Å². The number of benzene rings is 1. The highest BCUT2D eigenvalue weighted by atomic mass is 35.5. The summed E-state index contributed by atoms with van der Waals surface area (Å²) in [6, 6.07) is 4.63. The number of nitrogens with one attached hydrogen (secondary N) is 1. The zero-order valence-corrected chi connectivity index (χ0v) is 11.8. The maximum absolute atomic E-state index is 14.0. The lowest BCUT2D eigenvalue weighted by molar-refractivity contribution is 0.531. The van der Waals surface area contributed by atoms with E-state index in [4.69, 9.17) is 17.4 Å². The molecule has 0 radical (unpaired) electrons. The Morgan fingerprint density at radius 3 is 3.05 bits per heavy atom. The minimum Gasteiger partial charge on any atom is -0.271 e. The Balaban J connectivity index is 1.97. The lowest BCUT2D eigenvalue weighted by atomic mass is 10.0. The molecule has 21 heavy (non-hydrogen) atoms. The molecule has 3 N–H and O–H groups in total. The summed E-state index contributed by atoms with van der Waals surface area (Å²) < 4.78 is 15.7. The van der Waals surface area contributed by atoms with Crippen LogP contribution >= 0.6 is 11.6 Å². The van der Waals surface area contributed by atoms with Gasteiger partial charge in [0.2, 0.25) is 0 Å². The van der Waals surface area contributed by atoms with Crippen molar-refractivity contribution >= 4 is 17.1 Å². The third-order valence-electron chi connectivity index (χ3n) is 3.39. The fourth-order valence-electron chi connectivity index (χ4n) is 2.31. The molecule has 0 amide bonds. The van der Waals surface area contributed by atoms with Crippen LogP contribution in [0, 0.1) is 5.82 Å². The van der Waals surface area contributed by atoms with Crippen molar-refractivity contribution in [1.29, 1.82) is 0 Å². The fourth-order valence-corrected chi connectivity index (χ4v) is 2.50. The molecule has 3 aromatic rings. The van der Waals surface area contributed by atoms with Crippen molar-refractivity contribution in [1.82, 2.24) is 20.0 Å². The van der Waals surface area contributed by atoms with Crippen molar-refractivity contribution in [2.75, 3.05) is 0 Å². The van der Waals surface area contributed by atoms with Crippen LogP contribution < -0.4 is 11.3 Å². The van der Waals surface area contributed by atoms with E-state index in [2.05, 4.69) is 15.5 Å². The number of aromatic nitrogens is 3. The van der Waals surface area contributed by atoms with Gasteiger partial charge in [0, 0.05) is 18.0 Å². The molecule has 0 aliphatic rings. The molecule has 2 aromatic heterocycles. The van der Waals surface area contributed by atoms with E-state index in [1.54, 1.807) is 41.4 Å². The van der Waals surface area contributed by atoms with Gasteiger partial charge in [-0.05, 0) is 18.1 Å². The van der Waals surface area contributed by atoms with Crippen LogP contribution in [0.3, 0.4) is 0 Å². The number of hydrazine groups is 1. The molecule has 0 bridgehead atoms. The Bertz CT molecular complexity index is 773. The van der Waals surface area contributed by atoms with Gasteiger partial charge in [-0.25, -0.2) is 8.91 Å². The summed E-state index contributed by atoms with van der Waals surface area (Å²) in [4.78, 5) is 4.08. The third kappa shape index (κ3) is 2.61. The summed E-state index contributed by atoms with van der Waals surface area (Å²) >= 11 is 5.81. The molecule has 2 heterocycles. The Morgan fingerprint density at radius 1 is 1.38 bits per heavy atom. The Morgan fingerprint density at radius 2 is 2.24 bits per heavy atom. The van der Waals surface area contributed by atoms with Gasteiger partial charge >= 0.3 is 0 Å². The van der Waals surface area contributed by atoms with E-state index in [0.29, 0.717) is 12.0 Å². The Labute approximate surface area is 125 Å². The maximum atomic E-state index is 14.0. The summed E-state index contributed by atoms with van der Waals surface area (Å²) in [5.74, 6) is 5.21. The van der Waals surface area contributed by atoms with Crippen LogP contribution in [0.5, 0.6) is 0 Å². The molecule has 3 rings (SSSR count). The normalized spacial score (nSPS) is 12.7. The molecule has 0 saturated heterocycles. The van der Waals surface area contributed by atoms with Crippen molar-refractivity contribution in [2.45, 2.75) is 12.5 Å². The smallest absolute Gasteiger partial charge is 0.145 e. The number of nitrogens with zero attached hydrogens (tertiary/aromatic N) is 3. The second-order valence-electron chi connectivity index (χ2n) is 4.64. The van der Waals surface area contributed by atoms with Crippen molar-refractivity contribution in [3.05, 3.63) is 65.0 Å². The van der Waals surface area contributed by atoms with E-state index in [1.807, 2.05) is 0 Å². The largest absolute Gasteiger partial charge is 0.271 e. The van der Waals surface area contributed by atoms with Gasteiger partial charge in [-0.2, -0.15) is 5.10 Å². The molecular formula is C14H13ClFN5. The van der Waals surface area contributed by atoms with E-state index >= 15 is 0 Å². The minimum atomic E-state index is -0.422. The molecule has 5 nitrogen and oxygen atoms in total. The molecule has 0 saturated carbocycles. The van der Waals surface area contributed by atoms with E-state index in [1.165, 1.54) is 6.07 Å². The average molecular weight is 306 g/mol. The molecular weight excluding hydrogens is 293 g/mol. The van der Waals surface area contributed by atoms with E-state index < -0.39 is 5.82 Å². The predicted molar refractivity (Wildman–Crippen MR) is 78.2 cm³/mol. The Kier molecular flexibility index (Phi) is 3.83. The lowest BCUT2D eigenvalue weighted by Crippen LogP contribution is -2.29. The molecule has 0 spiro atoms. The number of fused-ring (bicyclic) bond motifs is 1. The zero-order chi connectivity index (χ0) is 14.8. The molecule has 7 heteroatoms. The van der Waals surface area contributed by atoms with Gasteiger partial charge in [-0.3, -0.25) is 16.3 Å². The van der Waals surface area contributed by atoms with Gasteiger partial charge in [-0.1, -0.05) is 23.7 Å². The van der Waals surface area contributed by atoms with Crippen LogP contribution in [-0.4, -0.2) is 14.6 Å². The molecule has 0 fully saturated rings. The number of hydrogen-bond donors (Lipinski definition) is 2.